The second-order valence-electron chi connectivity index (χ2n) is 8.12. The molecule has 0 unspecified atom stereocenters. The van der Waals surface area contributed by atoms with E-state index in [4.69, 9.17) is 9.47 Å². The molecule has 1 aliphatic heterocycles. The number of carbonyl (C=O) groups excluding carboxylic acids is 2. The molecule has 6 heteroatoms. The van der Waals surface area contributed by atoms with E-state index in [0.29, 0.717) is 18.5 Å². The van der Waals surface area contributed by atoms with Crippen molar-refractivity contribution in [2.75, 3.05) is 4.90 Å². The summed E-state index contributed by atoms with van der Waals surface area (Å²) in [6.07, 6.45) is -1.63. The molecular formula is C23H27NO5. The van der Waals surface area contributed by atoms with Crippen LogP contribution in [0.15, 0.2) is 60.7 Å². The standard InChI is InChI=1S/C23H27NO5/c1-23(2,3)29-21(26)20(25)19-18(15-14-16-10-6-4-7-11-16)28-22(27)24(19)17-12-8-5-9-13-17/h4-13,18-20,25H,14-15H2,1-3H3/t18-,19-,20-/m1/s1. The maximum absolute atomic E-state index is 12.7. The third-order valence-corrected chi connectivity index (χ3v) is 4.69. The van der Waals surface area contributed by atoms with Crippen molar-refractivity contribution in [3.8, 4) is 0 Å². The Balaban J connectivity index is 1.86. The fraction of sp³-hybridized carbons (Fsp3) is 0.391. The molecule has 0 aliphatic carbocycles. The Hall–Kier alpha value is -2.86. The topological polar surface area (TPSA) is 76.1 Å². The molecule has 0 saturated carbocycles. The predicted molar refractivity (Wildman–Crippen MR) is 110 cm³/mol. The molecule has 1 fully saturated rings. The summed E-state index contributed by atoms with van der Waals surface area (Å²) in [6.45, 7) is 5.20. The van der Waals surface area contributed by atoms with Crippen LogP contribution in [0.5, 0.6) is 0 Å². The molecule has 1 heterocycles. The number of nitrogens with zero attached hydrogens (tertiary/aromatic N) is 1. The van der Waals surface area contributed by atoms with E-state index < -0.39 is 35.9 Å². The molecule has 2 aromatic rings. The molecule has 1 aliphatic rings. The summed E-state index contributed by atoms with van der Waals surface area (Å²) in [6, 6.07) is 17.8. The van der Waals surface area contributed by atoms with Crippen LogP contribution in [0.1, 0.15) is 32.8 Å². The molecule has 0 bridgehead atoms. The maximum Gasteiger partial charge on any atom is 0.415 e. The van der Waals surface area contributed by atoms with Crippen LogP contribution in [0.25, 0.3) is 0 Å². The molecule has 0 spiro atoms. The summed E-state index contributed by atoms with van der Waals surface area (Å²) in [5, 5.41) is 10.8. The average molecular weight is 397 g/mol. The lowest BCUT2D eigenvalue weighted by molar-refractivity contribution is -0.166. The number of rotatable bonds is 6. The first kappa shape index (κ1) is 20.9. The van der Waals surface area contributed by atoms with Gasteiger partial charge in [0.05, 0.1) is 0 Å². The number of aliphatic hydroxyl groups excluding tert-OH is 1. The third kappa shape index (κ3) is 5.15. The fourth-order valence-electron chi connectivity index (χ4n) is 3.44. The van der Waals surface area contributed by atoms with E-state index in [1.807, 2.05) is 36.4 Å². The molecule has 1 saturated heterocycles. The van der Waals surface area contributed by atoms with E-state index in [9.17, 15) is 14.7 Å². The molecule has 2 aromatic carbocycles. The fourth-order valence-corrected chi connectivity index (χ4v) is 3.44. The quantitative estimate of drug-likeness (QED) is 0.752. The first-order valence-electron chi connectivity index (χ1n) is 9.76. The summed E-state index contributed by atoms with van der Waals surface area (Å²) >= 11 is 0. The summed E-state index contributed by atoms with van der Waals surface area (Å²) < 4.78 is 10.9. The van der Waals surface area contributed by atoms with Gasteiger partial charge in [0.1, 0.15) is 17.7 Å². The van der Waals surface area contributed by atoms with E-state index in [2.05, 4.69) is 0 Å². The van der Waals surface area contributed by atoms with Crippen LogP contribution in [0.4, 0.5) is 10.5 Å². The van der Waals surface area contributed by atoms with Gasteiger partial charge < -0.3 is 14.6 Å². The van der Waals surface area contributed by atoms with E-state index in [0.717, 1.165) is 5.56 Å². The van der Waals surface area contributed by atoms with Crippen LogP contribution in [-0.4, -0.2) is 41.0 Å². The summed E-state index contributed by atoms with van der Waals surface area (Å²) in [5.41, 5.74) is 0.901. The first-order valence-corrected chi connectivity index (χ1v) is 9.76. The lowest BCUT2D eigenvalue weighted by Crippen LogP contribution is -2.51. The van der Waals surface area contributed by atoms with Crippen LogP contribution >= 0.6 is 0 Å². The summed E-state index contributed by atoms with van der Waals surface area (Å²) in [7, 11) is 0. The Morgan fingerprint density at radius 2 is 1.69 bits per heavy atom. The van der Waals surface area contributed by atoms with Crippen molar-refractivity contribution >= 4 is 17.7 Å². The van der Waals surface area contributed by atoms with Crippen molar-refractivity contribution < 1.29 is 24.2 Å². The Kier molecular flexibility index (Phi) is 6.23. The number of benzene rings is 2. The minimum atomic E-state index is -1.53. The van der Waals surface area contributed by atoms with Gasteiger partial charge in [-0.05, 0) is 51.3 Å². The number of hydrogen-bond donors (Lipinski definition) is 1. The Morgan fingerprint density at radius 3 is 2.28 bits per heavy atom. The Labute approximate surface area is 171 Å². The van der Waals surface area contributed by atoms with Crippen molar-refractivity contribution in [3.63, 3.8) is 0 Å². The highest BCUT2D eigenvalue weighted by molar-refractivity contribution is 5.92. The number of amides is 1. The highest BCUT2D eigenvalue weighted by atomic mass is 16.6. The maximum atomic E-state index is 12.7. The lowest BCUT2D eigenvalue weighted by Gasteiger charge is -2.30. The van der Waals surface area contributed by atoms with Gasteiger partial charge in [-0.25, -0.2) is 9.59 Å². The van der Waals surface area contributed by atoms with E-state index >= 15 is 0 Å². The minimum Gasteiger partial charge on any atom is -0.458 e. The van der Waals surface area contributed by atoms with Crippen molar-refractivity contribution in [1.82, 2.24) is 0 Å². The van der Waals surface area contributed by atoms with Crippen LogP contribution < -0.4 is 4.90 Å². The van der Waals surface area contributed by atoms with Crippen LogP contribution in [-0.2, 0) is 20.7 Å². The van der Waals surface area contributed by atoms with Crippen LogP contribution in [0, 0.1) is 0 Å². The smallest absolute Gasteiger partial charge is 0.415 e. The van der Waals surface area contributed by atoms with Gasteiger partial charge >= 0.3 is 12.1 Å². The highest BCUT2D eigenvalue weighted by Crippen LogP contribution is 2.32. The number of aryl methyl sites for hydroxylation is 1. The number of para-hydroxylation sites is 1. The second kappa shape index (κ2) is 8.66. The zero-order valence-corrected chi connectivity index (χ0v) is 16.9. The normalized spacial score (nSPS) is 20.3. The summed E-state index contributed by atoms with van der Waals surface area (Å²) in [4.78, 5) is 26.6. The number of hydrogen-bond acceptors (Lipinski definition) is 5. The molecule has 0 radical (unpaired) electrons. The largest absolute Gasteiger partial charge is 0.458 e. The summed E-state index contributed by atoms with van der Waals surface area (Å²) in [5.74, 6) is -0.772. The second-order valence-corrected chi connectivity index (χ2v) is 8.12. The molecule has 3 rings (SSSR count). The lowest BCUT2D eigenvalue weighted by atomic mass is 9.97. The van der Waals surface area contributed by atoms with Gasteiger partial charge in [-0.1, -0.05) is 48.5 Å². The highest BCUT2D eigenvalue weighted by Gasteiger charge is 2.49. The monoisotopic (exact) mass is 397 g/mol. The van der Waals surface area contributed by atoms with Crippen LogP contribution in [0.3, 0.4) is 0 Å². The number of cyclic esters (lactones) is 1. The van der Waals surface area contributed by atoms with Crippen molar-refractivity contribution in [2.45, 2.75) is 57.5 Å². The number of aliphatic hydroxyl groups is 1. The Morgan fingerprint density at radius 1 is 1.10 bits per heavy atom. The van der Waals surface area contributed by atoms with Gasteiger partial charge in [-0.15, -0.1) is 0 Å². The average Bonchev–Trinajstić information content (AvgIpc) is 3.02. The molecule has 3 atom stereocenters. The number of carbonyl (C=O) groups is 2. The van der Waals surface area contributed by atoms with Gasteiger partial charge in [-0.2, -0.15) is 0 Å². The predicted octanol–water partition coefficient (Wildman–Crippen LogP) is 3.72. The van der Waals surface area contributed by atoms with Gasteiger partial charge in [0.15, 0.2) is 6.10 Å². The first-order chi connectivity index (χ1) is 13.8. The zero-order chi connectivity index (χ0) is 21.0. The molecule has 29 heavy (non-hydrogen) atoms. The van der Waals surface area contributed by atoms with E-state index in [1.165, 1.54) is 4.90 Å². The van der Waals surface area contributed by atoms with E-state index in [1.54, 1.807) is 45.0 Å². The molecule has 6 nitrogen and oxygen atoms in total. The van der Waals surface area contributed by atoms with Gasteiger partial charge in [-0.3, -0.25) is 4.90 Å². The molecule has 1 amide bonds. The van der Waals surface area contributed by atoms with Gasteiger partial charge in [0.2, 0.25) is 0 Å². The SMILES string of the molecule is CC(C)(C)OC(=O)[C@H](O)[C@H]1[C@@H](CCc2ccccc2)OC(=O)N1c1ccccc1. The Bertz CT molecular complexity index is 831. The number of anilines is 1. The van der Waals surface area contributed by atoms with E-state index in [-0.39, 0.29) is 0 Å². The van der Waals surface area contributed by atoms with Crippen molar-refractivity contribution in [2.24, 2.45) is 0 Å². The van der Waals surface area contributed by atoms with Crippen LogP contribution in [0.2, 0.25) is 0 Å². The zero-order valence-electron chi connectivity index (χ0n) is 16.9. The molecular weight excluding hydrogens is 370 g/mol. The van der Waals surface area contributed by atoms with Gasteiger partial charge in [0.25, 0.3) is 0 Å². The van der Waals surface area contributed by atoms with Crippen molar-refractivity contribution in [3.05, 3.63) is 66.2 Å². The third-order valence-electron chi connectivity index (χ3n) is 4.69. The van der Waals surface area contributed by atoms with Crippen molar-refractivity contribution in [1.29, 1.82) is 0 Å². The molecule has 154 valence electrons. The number of esters is 1. The van der Waals surface area contributed by atoms with Gasteiger partial charge in [0, 0.05) is 5.69 Å². The number of ether oxygens (including phenoxy) is 2. The molecule has 1 N–H and O–H groups in total. The molecule has 0 aromatic heterocycles. The minimum absolute atomic E-state index is 0.476.